The van der Waals surface area contributed by atoms with Crippen molar-refractivity contribution in [3.63, 3.8) is 0 Å². The molecule has 2 aliphatic carbocycles. The van der Waals surface area contributed by atoms with Crippen molar-refractivity contribution in [3.8, 4) is 0 Å². The molecule has 0 radical (unpaired) electrons. The average Bonchev–Trinajstić information content (AvgIpc) is 2.71. The van der Waals surface area contributed by atoms with E-state index < -0.39 is 8.32 Å². The molecule has 0 bridgehead atoms. The third-order valence-electron chi connectivity index (χ3n) is 4.63. The van der Waals surface area contributed by atoms with Crippen LogP contribution >= 0.6 is 0 Å². The summed E-state index contributed by atoms with van der Waals surface area (Å²) in [7, 11) is -1.61. The van der Waals surface area contributed by atoms with Crippen LogP contribution in [0.4, 0.5) is 0 Å². The highest BCUT2D eigenvalue weighted by Gasteiger charge is 2.55. The minimum atomic E-state index is -1.61. The molecule has 0 amide bonds. The lowest BCUT2D eigenvalue weighted by molar-refractivity contribution is 0.148. The zero-order chi connectivity index (χ0) is 11.4. The van der Waals surface area contributed by atoms with Crippen LogP contribution in [0, 0.1) is 11.8 Å². The summed E-state index contributed by atoms with van der Waals surface area (Å²) in [5.41, 5.74) is 6.15. The molecule has 0 aromatic rings. The van der Waals surface area contributed by atoms with Gasteiger partial charge in [0, 0.05) is 6.04 Å². The Balaban J connectivity index is 2.02. The number of nitrogens with two attached hydrogens (primary N) is 1. The Labute approximate surface area is 94.7 Å². The summed E-state index contributed by atoms with van der Waals surface area (Å²) >= 11 is 0. The third-order valence-corrected chi connectivity index (χ3v) is 9.11. The van der Waals surface area contributed by atoms with E-state index in [1.165, 1.54) is 12.8 Å². The van der Waals surface area contributed by atoms with Crippen molar-refractivity contribution in [2.75, 3.05) is 0 Å². The molecular weight excluding hydrogens is 202 g/mol. The minimum Gasteiger partial charge on any atom is -0.412 e. The van der Waals surface area contributed by atoms with Crippen molar-refractivity contribution >= 4 is 8.32 Å². The molecule has 2 saturated carbocycles. The highest BCUT2D eigenvalue weighted by molar-refractivity contribution is 6.74. The van der Waals surface area contributed by atoms with Crippen LogP contribution in [0.1, 0.15) is 33.6 Å². The standard InChI is InChI=1S/C12H25NOSi/c1-12(2,3)15(4,5)14-11-9-6-8(9)7-10(11)13/h8-11H,6-7,13H2,1-5H3/t8-,9-,10-,11-/m0/s1. The molecule has 0 aliphatic heterocycles. The first-order chi connectivity index (χ1) is 6.72. The van der Waals surface area contributed by atoms with Gasteiger partial charge in [0.2, 0.25) is 0 Å². The molecule has 2 aliphatic rings. The van der Waals surface area contributed by atoms with Gasteiger partial charge in [-0.25, -0.2) is 0 Å². The quantitative estimate of drug-likeness (QED) is 0.736. The number of rotatable bonds is 2. The Hall–Kier alpha value is 0.137. The first-order valence-electron chi connectivity index (χ1n) is 6.16. The van der Waals surface area contributed by atoms with Crippen molar-refractivity contribution in [2.45, 2.75) is 63.9 Å². The predicted molar refractivity (Wildman–Crippen MR) is 66.3 cm³/mol. The Kier molecular flexibility index (Phi) is 2.57. The predicted octanol–water partition coefficient (Wildman–Crippen LogP) is 2.74. The minimum absolute atomic E-state index is 0.305. The van der Waals surface area contributed by atoms with Gasteiger partial charge in [0.15, 0.2) is 8.32 Å². The molecular formula is C12H25NOSi. The topological polar surface area (TPSA) is 35.2 Å². The maximum Gasteiger partial charge on any atom is 0.192 e. The Morgan fingerprint density at radius 1 is 1.20 bits per heavy atom. The van der Waals surface area contributed by atoms with Gasteiger partial charge in [-0.1, -0.05) is 20.8 Å². The zero-order valence-corrected chi connectivity index (χ0v) is 11.7. The first-order valence-corrected chi connectivity index (χ1v) is 9.06. The Morgan fingerprint density at radius 3 is 2.20 bits per heavy atom. The summed E-state index contributed by atoms with van der Waals surface area (Å²) in [6.45, 7) is 11.5. The molecule has 2 rings (SSSR count). The van der Waals surface area contributed by atoms with Gasteiger partial charge in [0.05, 0.1) is 6.10 Å². The summed E-state index contributed by atoms with van der Waals surface area (Å²) in [6.07, 6.45) is 2.94. The van der Waals surface area contributed by atoms with Gasteiger partial charge in [-0.2, -0.15) is 0 Å². The van der Waals surface area contributed by atoms with Crippen LogP contribution < -0.4 is 5.73 Å². The van der Waals surface area contributed by atoms with E-state index in [1.807, 2.05) is 0 Å². The lowest BCUT2D eigenvalue weighted by atomic mass is 10.1. The largest absolute Gasteiger partial charge is 0.412 e. The lowest BCUT2D eigenvalue weighted by Crippen LogP contribution is -2.48. The Morgan fingerprint density at radius 2 is 1.80 bits per heavy atom. The molecule has 15 heavy (non-hydrogen) atoms. The van der Waals surface area contributed by atoms with Gasteiger partial charge in [0.25, 0.3) is 0 Å². The van der Waals surface area contributed by atoms with Crippen LogP contribution in [0.25, 0.3) is 0 Å². The summed E-state index contributed by atoms with van der Waals surface area (Å²) in [5, 5.41) is 0.305. The van der Waals surface area contributed by atoms with E-state index >= 15 is 0 Å². The van der Waals surface area contributed by atoms with E-state index in [2.05, 4.69) is 33.9 Å². The van der Waals surface area contributed by atoms with Crippen LogP contribution in [0.15, 0.2) is 0 Å². The SMILES string of the molecule is CC(C)(C)[Si](C)(C)O[C@H]1[C@H]2C[C@H]2C[C@@H]1N. The van der Waals surface area contributed by atoms with Gasteiger partial charge in [-0.3, -0.25) is 0 Å². The van der Waals surface area contributed by atoms with Gasteiger partial charge in [-0.15, -0.1) is 0 Å². The molecule has 0 aromatic carbocycles. The summed E-state index contributed by atoms with van der Waals surface area (Å²) < 4.78 is 6.44. The summed E-state index contributed by atoms with van der Waals surface area (Å²) in [5.74, 6) is 1.70. The van der Waals surface area contributed by atoms with Crippen LogP contribution in [0.3, 0.4) is 0 Å². The van der Waals surface area contributed by atoms with Gasteiger partial charge in [0.1, 0.15) is 0 Å². The lowest BCUT2D eigenvalue weighted by Gasteiger charge is -2.40. The van der Waals surface area contributed by atoms with Crippen molar-refractivity contribution in [3.05, 3.63) is 0 Å². The third kappa shape index (κ3) is 2.02. The van der Waals surface area contributed by atoms with E-state index in [0.717, 1.165) is 11.8 Å². The van der Waals surface area contributed by atoms with Crippen LogP contribution in [-0.4, -0.2) is 20.5 Å². The van der Waals surface area contributed by atoms with E-state index in [4.69, 9.17) is 10.2 Å². The molecule has 3 heteroatoms. The van der Waals surface area contributed by atoms with Crippen molar-refractivity contribution < 1.29 is 4.43 Å². The van der Waals surface area contributed by atoms with Crippen molar-refractivity contribution in [1.82, 2.24) is 0 Å². The number of hydrogen-bond donors (Lipinski definition) is 1. The molecule has 2 fully saturated rings. The highest BCUT2D eigenvalue weighted by Crippen LogP contribution is 2.54. The van der Waals surface area contributed by atoms with Crippen LogP contribution in [-0.2, 0) is 4.43 Å². The van der Waals surface area contributed by atoms with Crippen LogP contribution in [0.5, 0.6) is 0 Å². The van der Waals surface area contributed by atoms with E-state index in [9.17, 15) is 0 Å². The Bertz CT molecular complexity index is 257. The first kappa shape index (κ1) is 11.6. The fraction of sp³-hybridized carbons (Fsp3) is 1.00. The maximum absolute atomic E-state index is 6.44. The fourth-order valence-corrected chi connectivity index (χ4v) is 3.82. The molecule has 0 aromatic heterocycles. The maximum atomic E-state index is 6.44. The molecule has 88 valence electrons. The molecule has 0 spiro atoms. The second-order valence-corrected chi connectivity index (χ2v) is 11.7. The molecule has 2 N–H and O–H groups in total. The normalized spacial score (nSPS) is 40.4. The van der Waals surface area contributed by atoms with Crippen molar-refractivity contribution in [1.29, 1.82) is 0 Å². The molecule has 4 atom stereocenters. The fourth-order valence-electron chi connectivity index (χ4n) is 2.44. The van der Waals surface area contributed by atoms with Gasteiger partial charge < -0.3 is 10.2 Å². The second kappa shape index (κ2) is 3.31. The monoisotopic (exact) mass is 227 g/mol. The molecule has 0 heterocycles. The van der Waals surface area contributed by atoms with E-state index in [0.29, 0.717) is 17.2 Å². The summed E-state index contributed by atoms with van der Waals surface area (Å²) in [6, 6.07) is 0.308. The number of hydrogen-bond acceptors (Lipinski definition) is 2. The molecule has 0 saturated heterocycles. The van der Waals surface area contributed by atoms with Crippen LogP contribution in [0.2, 0.25) is 18.1 Å². The molecule has 2 nitrogen and oxygen atoms in total. The average molecular weight is 227 g/mol. The van der Waals surface area contributed by atoms with Crippen molar-refractivity contribution in [2.24, 2.45) is 17.6 Å². The number of fused-ring (bicyclic) bond motifs is 1. The van der Waals surface area contributed by atoms with E-state index in [-0.39, 0.29) is 0 Å². The second-order valence-electron chi connectivity index (χ2n) is 6.90. The highest BCUT2D eigenvalue weighted by atomic mass is 28.4. The molecule has 0 unspecified atom stereocenters. The summed E-state index contributed by atoms with van der Waals surface area (Å²) in [4.78, 5) is 0. The van der Waals surface area contributed by atoms with E-state index in [1.54, 1.807) is 0 Å². The van der Waals surface area contributed by atoms with Gasteiger partial charge >= 0.3 is 0 Å². The van der Waals surface area contributed by atoms with Gasteiger partial charge in [-0.05, 0) is 42.8 Å². The smallest absolute Gasteiger partial charge is 0.192 e. The zero-order valence-electron chi connectivity index (χ0n) is 10.7.